The van der Waals surface area contributed by atoms with E-state index < -0.39 is 0 Å². The summed E-state index contributed by atoms with van der Waals surface area (Å²) in [6.07, 6.45) is 2.08. The second-order valence-electron chi connectivity index (χ2n) is 5.41. The number of pyridine rings is 1. The van der Waals surface area contributed by atoms with Crippen LogP contribution in [0.4, 0.5) is 0 Å². The van der Waals surface area contributed by atoms with E-state index in [1.54, 1.807) is 6.07 Å². The fraction of sp³-hybridized carbons (Fsp3) is 0.467. The highest BCUT2D eigenvalue weighted by molar-refractivity contribution is 5.95. The van der Waals surface area contributed by atoms with Crippen molar-refractivity contribution in [3.63, 3.8) is 0 Å². The molecule has 2 unspecified atom stereocenters. The lowest BCUT2D eigenvalue weighted by molar-refractivity contribution is 0.0894. The minimum atomic E-state index is -0.166. The molecule has 2 atom stereocenters. The minimum absolute atomic E-state index is 0. The van der Waals surface area contributed by atoms with E-state index in [1.807, 2.05) is 19.1 Å². The molecule has 7 heteroatoms. The van der Waals surface area contributed by atoms with Crippen LogP contribution in [0.25, 0.3) is 11.1 Å². The van der Waals surface area contributed by atoms with E-state index in [-0.39, 0.29) is 42.8 Å². The summed E-state index contributed by atoms with van der Waals surface area (Å²) in [5.74, 6) is 0.164. The van der Waals surface area contributed by atoms with Crippen molar-refractivity contribution < 1.29 is 9.21 Å². The Morgan fingerprint density at radius 2 is 2.18 bits per heavy atom. The molecule has 1 fully saturated rings. The molecule has 1 aliphatic heterocycles. The van der Waals surface area contributed by atoms with Crippen LogP contribution in [0.15, 0.2) is 22.6 Å². The number of furan rings is 1. The van der Waals surface area contributed by atoms with Gasteiger partial charge in [0.2, 0.25) is 0 Å². The van der Waals surface area contributed by atoms with E-state index in [2.05, 4.69) is 22.5 Å². The Kier molecular flexibility index (Phi) is 6.66. The van der Waals surface area contributed by atoms with Crippen molar-refractivity contribution in [2.75, 3.05) is 6.54 Å². The molecule has 1 aliphatic rings. The first kappa shape index (κ1) is 18.7. The summed E-state index contributed by atoms with van der Waals surface area (Å²) in [4.78, 5) is 16.6. The fourth-order valence-corrected chi connectivity index (χ4v) is 2.62. The van der Waals surface area contributed by atoms with Gasteiger partial charge in [0.1, 0.15) is 5.52 Å². The molecule has 0 aliphatic carbocycles. The van der Waals surface area contributed by atoms with Gasteiger partial charge in [0, 0.05) is 23.8 Å². The van der Waals surface area contributed by atoms with Gasteiger partial charge < -0.3 is 15.1 Å². The maximum Gasteiger partial charge on any atom is 0.287 e. The van der Waals surface area contributed by atoms with E-state index in [9.17, 15) is 4.79 Å². The number of hydrogen-bond donors (Lipinski definition) is 2. The van der Waals surface area contributed by atoms with Gasteiger partial charge in [-0.15, -0.1) is 24.8 Å². The lowest BCUT2D eigenvalue weighted by atomic mass is 10.00. The number of nitrogens with one attached hydrogen (secondary N) is 2. The fourth-order valence-electron chi connectivity index (χ4n) is 2.62. The van der Waals surface area contributed by atoms with Gasteiger partial charge in [-0.3, -0.25) is 4.79 Å². The summed E-state index contributed by atoms with van der Waals surface area (Å²) < 4.78 is 5.57. The van der Waals surface area contributed by atoms with Crippen LogP contribution < -0.4 is 10.6 Å². The average molecular weight is 346 g/mol. The molecular weight excluding hydrogens is 325 g/mol. The summed E-state index contributed by atoms with van der Waals surface area (Å²) in [6.45, 7) is 5.02. The molecule has 0 radical (unpaired) electrons. The van der Waals surface area contributed by atoms with Crippen molar-refractivity contribution in [3.8, 4) is 0 Å². The van der Waals surface area contributed by atoms with E-state index in [0.717, 1.165) is 30.6 Å². The van der Waals surface area contributed by atoms with Gasteiger partial charge in [-0.25, -0.2) is 4.98 Å². The molecule has 2 N–H and O–H groups in total. The molecule has 1 amide bonds. The molecule has 2 aromatic rings. The maximum atomic E-state index is 12.3. The number of hydrogen-bond acceptors (Lipinski definition) is 4. The third-order valence-electron chi connectivity index (χ3n) is 3.81. The first-order valence-electron chi connectivity index (χ1n) is 7.05. The highest BCUT2D eigenvalue weighted by Crippen LogP contribution is 2.18. The number of halogens is 2. The lowest BCUT2D eigenvalue weighted by Crippen LogP contribution is -2.51. The zero-order chi connectivity index (χ0) is 14.1. The van der Waals surface area contributed by atoms with Crippen LogP contribution in [-0.2, 0) is 0 Å². The topological polar surface area (TPSA) is 67.2 Å². The summed E-state index contributed by atoms with van der Waals surface area (Å²) >= 11 is 0. The molecule has 3 rings (SSSR count). The number of piperidine rings is 1. The maximum absolute atomic E-state index is 12.3. The average Bonchev–Trinajstić information content (AvgIpc) is 2.84. The highest BCUT2D eigenvalue weighted by atomic mass is 35.5. The number of amides is 1. The van der Waals surface area contributed by atoms with Gasteiger partial charge in [0.05, 0.1) is 0 Å². The van der Waals surface area contributed by atoms with Crippen molar-refractivity contribution in [2.24, 2.45) is 0 Å². The SMILES string of the molecule is Cc1ccc2oc(C(=O)NC3CCCNC3C)cc2n1.Cl.Cl. The Bertz CT molecular complexity index is 645. The van der Waals surface area contributed by atoms with Gasteiger partial charge in [-0.05, 0) is 45.4 Å². The van der Waals surface area contributed by atoms with Crippen molar-refractivity contribution in [3.05, 3.63) is 29.7 Å². The van der Waals surface area contributed by atoms with Gasteiger partial charge in [-0.1, -0.05) is 0 Å². The Morgan fingerprint density at radius 1 is 1.41 bits per heavy atom. The van der Waals surface area contributed by atoms with Crippen molar-refractivity contribution in [1.29, 1.82) is 0 Å². The normalized spacial score (nSPS) is 20.8. The lowest BCUT2D eigenvalue weighted by Gasteiger charge is -2.30. The zero-order valence-corrected chi connectivity index (χ0v) is 14.2. The van der Waals surface area contributed by atoms with Crippen LogP contribution in [0.3, 0.4) is 0 Å². The largest absolute Gasteiger partial charge is 0.449 e. The van der Waals surface area contributed by atoms with Crippen molar-refractivity contribution in [2.45, 2.75) is 38.8 Å². The summed E-state index contributed by atoms with van der Waals surface area (Å²) in [5.41, 5.74) is 2.29. The number of aryl methyl sites for hydroxylation is 1. The minimum Gasteiger partial charge on any atom is -0.449 e. The predicted molar refractivity (Wildman–Crippen MR) is 91.2 cm³/mol. The Balaban J connectivity index is 0.00000121. The molecule has 5 nitrogen and oxygen atoms in total. The van der Waals surface area contributed by atoms with Crippen LogP contribution in [-0.4, -0.2) is 29.5 Å². The summed E-state index contributed by atoms with van der Waals surface area (Å²) in [5, 5.41) is 6.40. The van der Waals surface area contributed by atoms with Gasteiger partial charge >= 0.3 is 0 Å². The summed E-state index contributed by atoms with van der Waals surface area (Å²) in [6, 6.07) is 5.87. The molecule has 0 saturated carbocycles. The number of carbonyl (C=O) groups is 1. The van der Waals surface area contributed by atoms with Crippen molar-refractivity contribution in [1.82, 2.24) is 15.6 Å². The standard InChI is InChI=1S/C15H19N3O2.2ClH/c1-9-5-6-13-12(17-9)8-14(20-13)15(19)18-11-4-3-7-16-10(11)2;;/h5-6,8,10-11,16H,3-4,7H2,1-2H3,(H,18,19);2*1H. The third kappa shape index (κ3) is 3.91. The van der Waals surface area contributed by atoms with E-state index >= 15 is 0 Å². The highest BCUT2D eigenvalue weighted by Gasteiger charge is 2.24. The molecule has 0 spiro atoms. The van der Waals surface area contributed by atoms with Gasteiger partial charge in [0.15, 0.2) is 11.3 Å². The predicted octanol–water partition coefficient (Wildman–Crippen LogP) is 2.85. The van der Waals surface area contributed by atoms with Gasteiger partial charge in [-0.2, -0.15) is 0 Å². The number of fused-ring (bicyclic) bond motifs is 1. The molecule has 2 aromatic heterocycles. The van der Waals surface area contributed by atoms with Gasteiger partial charge in [0.25, 0.3) is 5.91 Å². The van der Waals surface area contributed by atoms with Crippen LogP contribution in [0, 0.1) is 6.92 Å². The smallest absolute Gasteiger partial charge is 0.287 e. The molecule has 0 bridgehead atoms. The number of aromatic nitrogens is 1. The molecule has 1 saturated heterocycles. The number of rotatable bonds is 2. The Morgan fingerprint density at radius 3 is 2.91 bits per heavy atom. The first-order valence-corrected chi connectivity index (χ1v) is 7.05. The second kappa shape index (κ2) is 7.81. The molecular formula is C15H21Cl2N3O2. The zero-order valence-electron chi connectivity index (χ0n) is 12.6. The Labute approximate surface area is 142 Å². The summed E-state index contributed by atoms with van der Waals surface area (Å²) in [7, 11) is 0. The Hall–Kier alpha value is -1.30. The van der Waals surface area contributed by atoms with Crippen LogP contribution >= 0.6 is 24.8 Å². The van der Waals surface area contributed by atoms with E-state index in [1.165, 1.54) is 0 Å². The van der Waals surface area contributed by atoms with E-state index in [4.69, 9.17) is 4.42 Å². The van der Waals surface area contributed by atoms with Crippen LogP contribution in [0.5, 0.6) is 0 Å². The quantitative estimate of drug-likeness (QED) is 0.878. The van der Waals surface area contributed by atoms with Crippen molar-refractivity contribution >= 4 is 41.8 Å². The van der Waals surface area contributed by atoms with E-state index in [0.29, 0.717) is 11.3 Å². The second-order valence-corrected chi connectivity index (χ2v) is 5.41. The monoisotopic (exact) mass is 345 g/mol. The first-order chi connectivity index (χ1) is 9.63. The number of carbonyl (C=O) groups excluding carboxylic acids is 1. The number of nitrogens with zero attached hydrogens (tertiary/aromatic N) is 1. The molecule has 22 heavy (non-hydrogen) atoms. The third-order valence-corrected chi connectivity index (χ3v) is 3.81. The molecule has 0 aromatic carbocycles. The molecule has 3 heterocycles. The van der Waals surface area contributed by atoms with Crippen LogP contribution in [0.2, 0.25) is 0 Å². The molecule has 122 valence electrons. The van der Waals surface area contributed by atoms with Crippen LogP contribution in [0.1, 0.15) is 36.0 Å².